The van der Waals surface area contributed by atoms with E-state index in [1.807, 2.05) is 76.3 Å². The van der Waals surface area contributed by atoms with Crippen molar-refractivity contribution in [3.63, 3.8) is 0 Å². The summed E-state index contributed by atoms with van der Waals surface area (Å²) in [7, 11) is 0. The molecule has 0 spiro atoms. The molecule has 4 aliphatic rings. The number of Topliss-reactive ketones (excluding diaryl/α,β-unsaturated/α-hetero) is 2. The van der Waals surface area contributed by atoms with E-state index < -0.39 is 5.92 Å². The second-order valence-corrected chi connectivity index (χ2v) is 14.6. The molecule has 1 saturated carbocycles. The Balaban J connectivity index is 0.000000156. The Kier molecular flexibility index (Phi) is 9.53. The quantitative estimate of drug-likeness (QED) is 0.171. The lowest BCUT2D eigenvalue weighted by Gasteiger charge is -2.32. The molecular weight excluding hydrogens is 676 g/mol. The Hall–Kier alpha value is -5.39. The number of nitrogens with zero attached hydrogens (tertiary/aromatic N) is 7. The first-order valence-electron chi connectivity index (χ1n) is 18.5. The number of halogens is 2. The molecule has 0 radical (unpaired) electrons. The monoisotopic (exact) mass is 717 g/mol. The van der Waals surface area contributed by atoms with E-state index in [0.29, 0.717) is 32.4 Å². The average molecular weight is 718 g/mol. The minimum atomic E-state index is -2.60. The van der Waals surface area contributed by atoms with Gasteiger partial charge >= 0.3 is 0 Å². The number of alkyl halides is 2. The fraction of sp³-hybridized carbons (Fsp3) is 0.390. The van der Waals surface area contributed by atoms with Crippen molar-refractivity contribution in [2.45, 2.75) is 75.8 Å². The summed E-state index contributed by atoms with van der Waals surface area (Å²) in [5.41, 5.74) is 7.28. The largest absolute Gasteiger partial charge is 0.342 e. The van der Waals surface area contributed by atoms with Crippen LogP contribution in [0.3, 0.4) is 0 Å². The summed E-state index contributed by atoms with van der Waals surface area (Å²) in [6, 6.07) is 25.6. The highest BCUT2D eigenvalue weighted by molar-refractivity contribution is 5.85. The van der Waals surface area contributed by atoms with E-state index in [4.69, 9.17) is 0 Å². The number of benzene rings is 3. The predicted molar refractivity (Wildman–Crippen MR) is 193 cm³/mol. The van der Waals surface area contributed by atoms with E-state index in [0.717, 1.165) is 52.0 Å². The number of carbonyl (C=O) groups excluding carboxylic acids is 3. The zero-order valence-electron chi connectivity index (χ0n) is 29.4. The second-order valence-electron chi connectivity index (χ2n) is 14.6. The van der Waals surface area contributed by atoms with Crippen molar-refractivity contribution in [1.29, 1.82) is 0 Å². The van der Waals surface area contributed by atoms with Gasteiger partial charge in [0.25, 0.3) is 0 Å². The minimum absolute atomic E-state index is 0.00510. The molecule has 0 bridgehead atoms. The highest BCUT2D eigenvalue weighted by Gasteiger charge is 2.39. The van der Waals surface area contributed by atoms with Crippen LogP contribution in [0.25, 0.3) is 22.5 Å². The normalized spacial score (nSPS) is 20.1. The van der Waals surface area contributed by atoms with E-state index in [1.165, 1.54) is 0 Å². The van der Waals surface area contributed by atoms with Crippen molar-refractivity contribution >= 4 is 17.5 Å². The van der Waals surface area contributed by atoms with Crippen molar-refractivity contribution in [2.24, 2.45) is 11.8 Å². The number of piperidine rings is 1. The lowest BCUT2D eigenvalue weighted by Crippen LogP contribution is -2.41. The summed E-state index contributed by atoms with van der Waals surface area (Å²) >= 11 is 0. The molecule has 0 N–H and O–H groups in total. The second kappa shape index (κ2) is 14.6. The topological polar surface area (TPSA) is 116 Å². The Morgan fingerprint density at radius 1 is 0.642 bits per heavy atom. The number of aromatic nitrogens is 6. The molecule has 9 rings (SSSR count). The highest BCUT2D eigenvalue weighted by atomic mass is 19.3. The van der Waals surface area contributed by atoms with Gasteiger partial charge in [0.05, 0.1) is 42.3 Å². The van der Waals surface area contributed by atoms with Crippen LogP contribution >= 0.6 is 0 Å². The molecule has 1 saturated heterocycles. The third kappa shape index (κ3) is 7.06. The predicted octanol–water partition coefficient (Wildman–Crippen LogP) is 6.92. The van der Waals surface area contributed by atoms with Gasteiger partial charge in [0.2, 0.25) is 11.8 Å². The van der Waals surface area contributed by atoms with Crippen molar-refractivity contribution in [3.05, 3.63) is 108 Å². The Bertz CT molecular complexity index is 2110. The molecule has 2 aromatic heterocycles. The first-order valence-corrected chi connectivity index (χ1v) is 18.5. The molecule has 2 unspecified atom stereocenters. The van der Waals surface area contributed by atoms with Crippen LogP contribution in [-0.4, -0.2) is 71.4 Å². The maximum absolute atomic E-state index is 13.3. The molecule has 10 nitrogen and oxygen atoms in total. The van der Waals surface area contributed by atoms with Crippen LogP contribution in [0.15, 0.2) is 91.3 Å². The van der Waals surface area contributed by atoms with Gasteiger partial charge in [0.15, 0.2) is 0 Å². The van der Waals surface area contributed by atoms with Crippen molar-refractivity contribution in [3.8, 4) is 22.5 Å². The van der Waals surface area contributed by atoms with Gasteiger partial charge in [0.1, 0.15) is 11.6 Å². The molecule has 5 heterocycles. The third-order valence-corrected chi connectivity index (χ3v) is 11.4. The van der Waals surface area contributed by atoms with Crippen LogP contribution in [0.2, 0.25) is 0 Å². The lowest BCUT2D eigenvalue weighted by atomic mass is 9.82. The minimum Gasteiger partial charge on any atom is -0.342 e. The summed E-state index contributed by atoms with van der Waals surface area (Å²) in [6.45, 7) is 1.30. The van der Waals surface area contributed by atoms with E-state index >= 15 is 0 Å². The lowest BCUT2D eigenvalue weighted by molar-refractivity contribution is -0.134. The maximum Gasteiger partial charge on any atom is 0.248 e. The van der Waals surface area contributed by atoms with Crippen molar-refractivity contribution < 1.29 is 23.2 Å². The molecular formula is C41H41F2N7O3. The van der Waals surface area contributed by atoms with Crippen LogP contribution in [-0.2, 0) is 20.8 Å². The van der Waals surface area contributed by atoms with Crippen molar-refractivity contribution in [2.75, 3.05) is 13.1 Å². The van der Waals surface area contributed by atoms with Gasteiger partial charge in [-0.3, -0.25) is 14.4 Å². The smallest absolute Gasteiger partial charge is 0.248 e. The Morgan fingerprint density at radius 2 is 1.11 bits per heavy atom. The van der Waals surface area contributed by atoms with Crippen LogP contribution in [0, 0.1) is 11.8 Å². The first kappa shape index (κ1) is 34.7. The highest BCUT2D eigenvalue weighted by Crippen LogP contribution is 2.43. The van der Waals surface area contributed by atoms with Gasteiger partial charge in [-0.15, -0.1) is 10.2 Å². The van der Waals surface area contributed by atoms with Gasteiger partial charge in [-0.1, -0.05) is 89.3 Å². The summed E-state index contributed by atoms with van der Waals surface area (Å²) < 4.78 is 30.2. The number of fused-ring (bicyclic) bond motifs is 6. The number of ketones is 2. The summed E-state index contributed by atoms with van der Waals surface area (Å²) in [6.07, 6.45) is 6.28. The van der Waals surface area contributed by atoms with Crippen LogP contribution in [0.1, 0.15) is 80.1 Å². The van der Waals surface area contributed by atoms with E-state index in [2.05, 4.69) is 32.8 Å². The maximum atomic E-state index is 13.3. The zero-order chi connectivity index (χ0) is 36.5. The van der Waals surface area contributed by atoms with Crippen LogP contribution < -0.4 is 0 Å². The van der Waals surface area contributed by atoms with Crippen molar-refractivity contribution in [1.82, 2.24) is 34.9 Å². The molecule has 2 fully saturated rings. The van der Waals surface area contributed by atoms with Gasteiger partial charge in [-0.25, -0.2) is 18.1 Å². The van der Waals surface area contributed by atoms with Gasteiger partial charge in [-0.2, -0.15) is 0 Å². The molecule has 1 aliphatic carbocycles. The van der Waals surface area contributed by atoms with E-state index in [9.17, 15) is 23.2 Å². The standard InChI is InChI=1S/C24H24N4O2.C17H17F2N3O/c29-23(15-21-19-8-4-5-9-20(19)22-16-25-26-28(21)22)18-10-12-27(13-11-18)24(30)14-17-6-2-1-3-7-17;18-17(19)7-5-11(6-8-17)16(23)9-14-12-3-1-2-4-13(12)15-10-20-21-22(14)15/h1-9,16,18,21H,10-15H2;1-4,10-11,14H,5-9H2. The Morgan fingerprint density at radius 3 is 1.64 bits per heavy atom. The molecule has 2 atom stereocenters. The van der Waals surface area contributed by atoms with Gasteiger partial charge < -0.3 is 4.90 Å². The van der Waals surface area contributed by atoms with Gasteiger partial charge in [0, 0.05) is 61.7 Å². The first-order chi connectivity index (χ1) is 25.8. The van der Waals surface area contributed by atoms with E-state index in [1.54, 1.807) is 17.1 Å². The molecule has 12 heteroatoms. The summed E-state index contributed by atoms with van der Waals surface area (Å²) in [5.74, 6) is -2.39. The fourth-order valence-electron chi connectivity index (χ4n) is 8.44. The third-order valence-electron chi connectivity index (χ3n) is 11.4. The number of rotatable bonds is 8. The molecule has 1 amide bonds. The number of hydrogen-bond donors (Lipinski definition) is 0. The zero-order valence-corrected chi connectivity index (χ0v) is 29.4. The molecule has 3 aromatic carbocycles. The fourth-order valence-corrected chi connectivity index (χ4v) is 8.44. The summed E-state index contributed by atoms with van der Waals surface area (Å²) in [5, 5.41) is 16.3. The van der Waals surface area contributed by atoms with Crippen LogP contribution in [0.4, 0.5) is 8.78 Å². The Labute approximate surface area is 306 Å². The number of likely N-dealkylation sites (tertiary alicyclic amines) is 1. The SMILES string of the molecule is O=C(CC1c2ccccc2-c2cnnn21)C1CCC(F)(F)CC1.O=C(CC1c2ccccc2-c2cnnn21)C1CCN(C(=O)Cc2ccccc2)CC1. The van der Waals surface area contributed by atoms with E-state index in [-0.39, 0.29) is 67.1 Å². The molecule has 5 aromatic rings. The number of hydrogen-bond acceptors (Lipinski definition) is 7. The molecule has 3 aliphatic heterocycles. The summed E-state index contributed by atoms with van der Waals surface area (Å²) in [4.78, 5) is 40.2. The van der Waals surface area contributed by atoms with Crippen LogP contribution in [0.5, 0.6) is 0 Å². The van der Waals surface area contributed by atoms with Gasteiger partial charge in [-0.05, 0) is 42.4 Å². The number of carbonyl (C=O) groups is 3. The molecule has 53 heavy (non-hydrogen) atoms. The molecule has 272 valence electrons. The number of amides is 1. The average Bonchev–Trinajstić information content (AvgIpc) is 3.97.